The Labute approximate surface area is 93.5 Å². The SMILES string of the molecule is [2H]Oc1ccc(-c2nnc3n([2H])c(C)nn23)cc1. The number of H-pyrrole nitrogens is 1. The fourth-order valence-corrected chi connectivity index (χ4v) is 1.53. The second-order valence-corrected chi connectivity index (χ2v) is 3.42. The maximum absolute atomic E-state index is 7.69. The van der Waals surface area contributed by atoms with Crippen molar-refractivity contribution in [3.8, 4) is 17.1 Å². The van der Waals surface area contributed by atoms with Gasteiger partial charge in [0.2, 0.25) is 0 Å². The highest BCUT2D eigenvalue weighted by molar-refractivity contribution is 5.58. The Bertz CT molecular complexity index is 703. The van der Waals surface area contributed by atoms with Crippen LogP contribution in [0.5, 0.6) is 5.75 Å². The van der Waals surface area contributed by atoms with Crippen molar-refractivity contribution >= 4 is 5.78 Å². The number of hydrogen-bond acceptors (Lipinski definition) is 4. The lowest BCUT2D eigenvalue weighted by molar-refractivity contribution is 0.475. The molecular formula is C10H9N5O. The molecule has 0 fully saturated rings. The predicted octanol–water partition coefficient (Wildman–Crippen LogP) is 1.13. The second-order valence-electron chi connectivity index (χ2n) is 3.42. The summed E-state index contributed by atoms with van der Waals surface area (Å²) >= 11 is 0. The number of rotatable bonds is 2. The van der Waals surface area contributed by atoms with E-state index in [4.69, 9.17) is 2.84 Å². The summed E-state index contributed by atoms with van der Waals surface area (Å²) in [6.07, 6.45) is 0. The molecule has 0 atom stereocenters. The first-order valence-corrected chi connectivity index (χ1v) is 4.74. The van der Waals surface area contributed by atoms with Gasteiger partial charge in [-0.25, -0.2) is 0 Å². The maximum Gasteiger partial charge on any atom is 0.293 e. The van der Waals surface area contributed by atoms with Crippen LogP contribution < -0.4 is 0 Å². The topological polar surface area (TPSA) is 79.1 Å². The summed E-state index contributed by atoms with van der Waals surface area (Å²) in [6.45, 7) is 1.72. The van der Waals surface area contributed by atoms with Gasteiger partial charge in [0.1, 0.15) is 11.6 Å². The van der Waals surface area contributed by atoms with Crippen LogP contribution in [0.4, 0.5) is 0 Å². The van der Waals surface area contributed by atoms with Crippen LogP contribution in [0.1, 0.15) is 5.82 Å². The second kappa shape index (κ2) is 3.06. The zero-order valence-corrected chi connectivity index (χ0v) is 8.45. The Hall–Kier alpha value is -2.37. The molecule has 2 heterocycles. The monoisotopic (exact) mass is 217 g/mol. The van der Waals surface area contributed by atoms with Crippen LogP contribution >= 0.6 is 0 Å². The quantitative estimate of drug-likeness (QED) is 0.674. The normalized spacial score (nSPS) is 12.6. The van der Waals surface area contributed by atoms with Gasteiger partial charge in [-0.05, 0) is 31.2 Å². The first kappa shape index (κ1) is 7.00. The Kier molecular flexibility index (Phi) is 1.34. The van der Waals surface area contributed by atoms with Crippen LogP contribution in [0.15, 0.2) is 24.3 Å². The van der Waals surface area contributed by atoms with E-state index in [0.29, 0.717) is 23.2 Å². The predicted molar refractivity (Wildman–Crippen MR) is 57.0 cm³/mol. The minimum atomic E-state index is 0.364. The average Bonchev–Trinajstić information content (AvgIpc) is 2.92. The van der Waals surface area contributed by atoms with Crippen molar-refractivity contribution in [3.63, 3.8) is 0 Å². The third-order valence-corrected chi connectivity index (χ3v) is 2.24. The Morgan fingerprint density at radius 2 is 2.19 bits per heavy atom. The molecule has 0 aliphatic heterocycles. The number of hydrogen-bond donors (Lipinski definition) is 2. The third-order valence-electron chi connectivity index (χ3n) is 2.24. The lowest BCUT2D eigenvalue weighted by atomic mass is 10.2. The van der Waals surface area contributed by atoms with Crippen LogP contribution in [-0.4, -0.2) is 31.3 Å². The Morgan fingerprint density at radius 1 is 1.38 bits per heavy atom. The van der Waals surface area contributed by atoms with Crippen molar-refractivity contribution in [2.45, 2.75) is 6.92 Å². The zero-order chi connectivity index (χ0) is 12.7. The molecule has 0 saturated heterocycles. The summed E-state index contributed by atoms with van der Waals surface area (Å²) in [5, 5.41) is 16.5. The molecule has 2 aromatic heterocycles. The summed E-state index contributed by atoms with van der Waals surface area (Å²) in [6, 6.07) is 6.85. The van der Waals surface area contributed by atoms with Crippen molar-refractivity contribution in [1.82, 2.24) is 24.8 Å². The lowest BCUT2D eigenvalue weighted by Crippen LogP contribution is -1.90. The van der Waals surface area contributed by atoms with Gasteiger partial charge in [-0.3, -0.25) is 0 Å². The average molecular weight is 217 g/mol. The van der Waals surface area contributed by atoms with Gasteiger partial charge in [-0.15, -0.1) is 10.2 Å². The molecule has 0 amide bonds. The summed E-state index contributed by atoms with van der Waals surface area (Å²) in [7, 11) is 0. The maximum atomic E-state index is 7.69. The molecule has 0 radical (unpaired) electrons. The fourth-order valence-electron chi connectivity index (χ4n) is 1.53. The van der Waals surface area contributed by atoms with Gasteiger partial charge in [0.05, 0.1) is 0 Å². The van der Waals surface area contributed by atoms with E-state index in [1.165, 1.54) is 4.52 Å². The number of fused-ring (bicyclic) bond motifs is 1. The van der Waals surface area contributed by atoms with Gasteiger partial charge in [0.25, 0.3) is 7.21 Å². The summed E-state index contributed by atoms with van der Waals surface area (Å²) in [4.78, 5) is 1.12. The first-order valence-electron chi connectivity index (χ1n) is 5.60. The van der Waals surface area contributed by atoms with Gasteiger partial charge in [-0.1, -0.05) is 0 Å². The van der Waals surface area contributed by atoms with Crippen LogP contribution in [0.3, 0.4) is 0 Å². The van der Waals surface area contributed by atoms with Gasteiger partial charge in [-0.2, -0.15) is 9.61 Å². The van der Waals surface area contributed by atoms with E-state index < -0.39 is 0 Å². The van der Waals surface area contributed by atoms with Crippen LogP contribution in [-0.2, 0) is 0 Å². The van der Waals surface area contributed by atoms with Crippen molar-refractivity contribution in [3.05, 3.63) is 30.1 Å². The smallest absolute Gasteiger partial charge is 0.293 e. The molecule has 0 spiro atoms. The van der Waals surface area contributed by atoms with Crippen molar-refractivity contribution in [1.29, 1.82) is 1.43 Å². The number of phenols is 1. The molecule has 0 unspecified atom stereocenters. The minimum Gasteiger partial charge on any atom is -0.508 e. The van der Waals surface area contributed by atoms with E-state index in [1.807, 2.05) is 0 Å². The molecule has 3 rings (SSSR count). The minimum absolute atomic E-state index is 0.364. The number of benzene rings is 1. The zero-order valence-electron chi connectivity index (χ0n) is 10.5. The molecular weight excluding hydrogens is 206 g/mol. The Morgan fingerprint density at radius 3 is 2.94 bits per heavy atom. The molecule has 80 valence electrons. The van der Waals surface area contributed by atoms with Crippen LogP contribution in [0, 0.1) is 6.92 Å². The highest BCUT2D eigenvalue weighted by atomic mass is 16.3. The first-order chi connectivity index (χ1) is 8.70. The summed E-state index contributed by atoms with van der Waals surface area (Å²) in [5.74, 6) is 1.90. The molecule has 0 aliphatic carbocycles. The number of nitrogens with one attached hydrogen (secondary N) is 1. The van der Waals surface area contributed by atoms with Crippen LogP contribution in [0.2, 0.25) is 1.41 Å². The van der Waals surface area contributed by atoms with E-state index in [2.05, 4.69) is 20.4 Å². The number of aromatic nitrogens is 5. The molecule has 2 N–H and O–H groups in total. The summed E-state index contributed by atoms with van der Waals surface area (Å²) in [5.41, 5.74) is 0.793. The fraction of sp³-hybridized carbons (Fsp3) is 0.100. The molecule has 0 aliphatic rings. The molecule has 6 heteroatoms. The number of aromatic hydroxyl groups is 1. The van der Waals surface area contributed by atoms with Crippen molar-refractivity contribution in [2.75, 3.05) is 0 Å². The molecule has 1 aromatic carbocycles. The van der Waals surface area contributed by atoms with Gasteiger partial charge < -0.3 is 10.1 Å². The molecule has 0 bridgehead atoms. The molecule has 0 saturated carbocycles. The van der Waals surface area contributed by atoms with E-state index in [1.54, 1.807) is 31.2 Å². The largest absolute Gasteiger partial charge is 0.508 e. The van der Waals surface area contributed by atoms with E-state index in [9.17, 15) is 0 Å². The molecule has 16 heavy (non-hydrogen) atoms. The highest BCUT2D eigenvalue weighted by Gasteiger charge is 2.10. The number of phenolic OH excluding ortho intramolecular Hbond substituents is 1. The third kappa shape index (κ3) is 1.23. The van der Waals surface area contributed by atoms with E-state index >= 15 is 0 Å². The standard InChI is InChI=1S/C10H9N5O/c1-6-11-10-13-12-9(15(10)14-6)7-2-4-8(16)5-3-7/h2-5,16H,1H3,(H,11,13,14)/i/hD2. The molecule has 6 nitrogen and oxygen atoms in total. The van der Waals surface area contributed by atoms with E-state index in [-0.39, 0.29) is 0 Å². The lowest BCUT2D eigenvalue weighted by Gasteiger charge is -1.96. The van der Waals surface area contributed by atoms with E-state index in [0.717, 1.165) is 10.5 Å². The van der Waals surface area contributed by atoms with Gasteiger partial charge >= 0.3 is 0 Å². The number of aryl methyl sites for hydroxylation is 1. The van der Waals surface area contributed by atoms with Gasteiger partial charge in [0, 0.05) is 5.56 Å². The number of nitrogens with zero attached hydrogens (tertiary/aromatic N) is 4. The summed E-state index contributed by atoms with van der Waals surface area (Å²) < 4.78 is 16.0. The molecule has 3 aromatic rings. The van der Waals surface area contributed by atoms with Crippen molar-refractivity contribution < 1.29 is 6.52 Å². The number of aromatic amines is 1. The van der Waals surface area contributed by atoms with Crippen molar-refractivity contribution in [2.24, 2.45) is 0 Å². The van der Waals surface area contributed by atoms with Gasteiger partial charge in [0.15, 0.2) is 7.24 Å². The highest BCUT2D eigenvalue weighted by Crippen LogP contribution is 2.19. The van der Waals surface area contributed by atoms with Crippen LogP contribution in [0.25, 0.3) is 17.2 Å². The Balaban J connectivity index is 2.15.